The number of morpholine rings is 2. The summed E-state index contributed by atoms with van der Waals surface area (Å²) in [6.45, 7) is 10.8. The molecule has 2 saturated heterocycles. The molecule has 3 atom stereocenters. The highest BCUT2D eigenvalue weighted by atomic mass is 16.6. The first-order chi connectivity index (χ1) is 15.6. The zero-order valence-corrected chi connectivity index (χ0v) is 20.1. The van der Waals surface area contributed by atoms with Crippen LogP contribution in [-0.2, 0) is 9.47 Å². The molecule has 0 saturated carbocycles. The first-order valence-corrected chi connectivity index (χ1v) is 11.5. The number of nitrogens with zero attached hydrogens (tertiary/aromatic N) is 4. The van der Waals surface area contributed by atoms with Crippen molar-refractivity contribution in [3.63, 3.8) is 0 Å². The van der Waals surface area contributed by atoms with E-state index in [0.29, 0.717) is 24.4 Å². The van der Waals surface area contributed by atoms with Crippen molar-refractivity contribution in [2.45, 2.75) is 44.7 Å². The van der Waals surface area contributed by atoms with Crippen LogP contribution in [0.1, 0.15) is 26.3 Å². The van der Waals surface area contributed by atoms with Gasteiger partial charge in [-0.05, 0) is 45.0 Å². The van der Waals surface area contributed by atoms with Crippen molar-refractivity contribution in [3.8, 4) is 11.8 Å². The zero-order valence-electron chi connectivity index (χ0n) is 20.1. The van der Waals surface area contributed by atoms with Crippen LogP contribution in [0, 0.1) is 11.3 Å². The van der Waals surface area contributed by atoms with E-state index in [0.717, 1.165) is 32.7 Å². The number of carbonyl (C=O) groups is 1. The molecule has 2 aliphatic rings. The minimum Gasteiger partial charge on any atom is -0.491 e. The van der Waals surface area contributed by atoms with Gasteiger partial charge in [0.2, 0.25) is 0 Å². The van der Waals surface area contributed by atoms with Crippen molar-refractivity contribution in [3.05, 3.63) is 29.8 Å². The second kappa shape index (κ2) is 11.2. The van der Waals surface area contributed by atoms with Gasteiger partial charge in [0.25, 0.3) is 0 Å². The molecule has 1 aromatic rings. The van der Waals surface area contributed by atoms with E-state index in [-0.39, 0.29) is 24.9 Å². The second-order valence-electron chi connectivity index (χ2n) is 9.86. The summed E-state index contributed by atoms with van der Waals surface area (Å²) >= 11 is 0. The van der Waals surface area contributed by atoms with Gasteiger partial charge in [0.15, 0.2) is 0 Å². The van der Waals surface area contributed by atoms with E-state index in [9.17, 15) is 9.90 Å². The van der Waals surface area contributed by atoms with Crippen LogP contribution in [-0.4, -0.2) is 109 Å². The SMILES string of the molecule is CN(CCN1CC2CN(CC(O)COc3ccc(C#N)cc3)CC(C1)O2)C(=O)OC(C)(C)C. The van der Waals surface area contributed by atoms with Crippen molar-refractivity contribution >= 4 is 6.09 Å². The number of fused-ring (bicyclic) bond motifs is 2. The van der Waals surface area contributed by atoms with Crippen LogP contribution in [0.5, 0.6) is 5.75 Å². The lowest BCUT2D eigenvalue weighted by molar-refractivity contribution is -0.143. The molecule has 0 aromatic heterocycles. The van der Waals surface area contributed by atoms with E-state index in [2.05, 4.69) is 15.9 Å². The van der Waals surface area contributed by atoms with Crippen LogP contribution in [0.4, 0.5) is 4.79 Å². The van der Waals surface area contributed by atoms with Gasteiger partial charge in [-0.25, -0.2) is 4.79 Å². The quantitative estimate of drug-likeness (QED) is 0.624. The van der Waals surface area contributed by atoms with E-state index < -0.39 is 11.7 Å². The van der Waals surface area contributed by atoms with Gasteiger partial charge in [0.1, 0.15) is 24.1 Å². The van der Waals surface area contributed by atoms with Gasteiger partial charge in [-0.2, -0.15) is 5.26 Å². The van der Waals surface area contributed by atoms with Crippen LogP contribution >= 0.6 is 0 Å². The minimum absolute atomic E-state index is 0.0796. The molecule has 1 aromatic carbocycles. The molecule has 2 heterocycles. The molecule has 2 aliphatic heterocycles. The number of ether oxygens (including phenoxy) is 3. The summed E-state index contributed by atoms with van der Waals surface area (Å²) in [4.78, 5) is 18.3. The maximum atomic E-state index is 12.2. The standard InChI is InChI=1S/C24H36N4O5/c1-24(2,3)33-23(30)26(4)9-10-27-13-21-15-28(16-22(14-27)32-21)12-19(29)17-31-20-7-5-18(11-25)6-8-20/h5-8,19,21-22,29H,9-10,12-17H2,1-4H3. The molecule has 182 valence electrons. The molecule has 2 bridgehead atoms. The number of hydrogen-bond acceptors (Lipinski definition) is 8. The monoisotopic (exact) mass is 460 g/mol. The number of aliphatic hydroxyl groups is 1. The van der Waals surface area contributed by atoms with Crippen LogP contribution in [0.25, 0.3) is 0 Å². The van der Waals surface area contributed by atoms with Gasteiger partial charge in [-0.1, -0.05) is 0 Å². The molecule has 3 unspecified atom stereocenters. The maximum Gasteiger partial charge on any atom is 0.410 e. The van der Waals surface area contributed by atoms with Gasteiger partial charge in [-0.15, -0.1) is 0 Å². The van der Waals surface area contributed by atoms with E-state index in [4.69, 9.17) is 19.5 Å². The molecule has 2 fully saturated rings. The highest BCUT2D eigenvalue weighted by molar-refractivity contribution is 5.67. The van der Waals surface area contributed by atoms with Crippen LogP contribution in [0.15, 0.2) is 24.3 Å². The van der Waals surface area contributed by atoms with Crippen molar-refractivity contribution in [2.24, 2.45) is 0 Å². The fourth-order valence-corrected chi connectivity index (χ4v) is 4.08. The summed E-state index contributed by atoms with van der Waals surface area (Å²) in [6, 6.07) is 8.94. The predicted octanol–water partition coefficient (Wildman–Crippen LogP) is 1.55. The molecule has 33 heavy (non-hydrogen) atoms. The number of carbonyl (C=O) groups excluding carboxylic acids is 1. The third-order valence-corrected chi connectivity index (χ3v) is 5.58. The molecule has 1 N–H and O–H groups in total. The average Bonchev–Trinajstić information content (AvgIpc) is 2.74. The first kappa shape index (κ1) is 25.2. The van der Waals surface area contributed by atoms with Crippen LogP contribution < -0.4 is 4.74 Å². The molecule has 9 nitrogen and oxygen atoms in total. The number of benzene rings is 1. The minimum atomic E-state index is -0.613. The Hall–Kier alpha value is -2.38. The average molecular weight is 461 g/mol. The van der Waals surface area contributed by atoms with Crippen molar-refractivity contribution in [1.82, 2.24) is 14.7 Å². The summed E-state index contributed by atoms with van der Waals surface area (Å²) in [7, 11) is 1.76. The third-order valence-electron chi connectivity index (χ3n) is 5.58. The van der Waals surface area contributed by atoms with Crippen molar-refractivity contribution in [1.29, 1.82) is 5.26 Å². The molecular weight excluding hydrogens is 424 g/mol. The Morgan fingerprint density at radius 1 is 1.21 bits per heavy atom. The summed E-state index contributed by atoms with van der Waals surface area (Å²) in [6.07, 6.45) is -0.760. The largest absolute Gasteiger partial charge is 0.491 e. The van der Waals surface area contributed by atoms with Gasteiger partial charge in [-0.3, -0.25) is 9.80 Å². The number of rotatable bonds is 8. The lowest BCUT2D eigenvalue weighted by Gasteiger charge is -2.46. The zero-order chi connectivity index (χ0) is 24.0. The lowest BCUT2D eigenvalue weighted by atomic mass is 10.1. The van der Waals surface area contributed by atoms with Gasteiger partial charge >= 0.3 is 6.09 Å². The fraction of sp³-hybridized carbons (Fsp3) is 0.667. The fourth-order valence-electron chi connectivity index (χ4n) is 4.08. The molecule has 0 spiro atoms. The van der Waals surface area contributed by atoms with Crippen LogP contribution in [0.3, 0.4) is 0 Å². The predicted molar refractivity (Wildman–Crippen MR) is 123 cm³/mol. The highest BCUT2D eigenvalue weighted by Gasteiger charge is 2.35. The Labute approximate surface area is 196 Å². The Balaban J connectivity index is 1.38. The van der Waals surface area contributed by atoms with E-state index in [1.54, 1.807) is 36.2 Å². The summed E-state index contributed by atoms with van der Waals surface area (Å²) in [5.41, 5.74) is 0.0795. The van der Waals surface area contributed by atoms with Crippen LogP contribution in [0.2, 0.25) is 0 Å². The van der Waals surface area contributed by atoms with Gasteiger partial charge < -0.3 is 24.2 Å². The first-order valence-electron chi connectivity index (χ1n) is 11.5. The summed E-state index contributed by atoms with van der Waals surface area (Å²) < 4.78 is 17.2. The number of nitriles is 1. The highest BCUT2D eigenvalue weighted by Crippen LogP contribution is 2.20. The number of hydrogen-bond donors (Lipinski definition) is 1. The number of amides is 1. The maximum absolute atomic E-state index is 12.2. The third kappa shape index (κ3) is 8.16. The molecule has 0 radical (unpaired) electrons. The van der Waals surface area contributed by atoms with Gasteiger partial charge in [0, 0.05) is 52.9 Å². The Kier molecular flexibility index (Phi) is 8.54. The lowest BCUT2D eigenvalue weighted by Crippen LogP contribution is -2.61. The number of aliphatic hydroxyl groups excluding tert-OH is 1. The smallest absolute Gasteiger partial charge is 0.410 e. The molecule has 3 rings (SSSR count). The van der Waals surface area contributed by atoms with E-state index >= 15 is 0 Å². The van der Waals surface area contributed by atoms with E-state index in [1.165, 1.54) is 0 Å². The van der Waals surface area contributed by atoms with Crippen molar-refractivity contribution < 1.29 is 24.1 Å². The Bertz CT molecular complexity index is 806. The van der Waals surface area contributed by atoms with E-state index in [1.807, 2.05) is 20.8 Å². The molecule has 9 heteroatoms. The Morgan fingerprint density at radius 3 is 2.39 bits per heavy atom. The number of likely N-dealkylation sites (N-methyl/N-ethyl adjacent to an activating group) is 1. The molecular formula is C24H36N4O5. The topological polar surface area (TPSA) is 98.5 Å². The normalized spacial score (nSPS) is 22.3. The van der Waals surface area contributed by atoms with Crippen molar-refractivity contribution in [2.75, 3.05) is 59.5 Å². The Morgan fingerprint density at radius 2 is 1.82 bits per heavy atom. The second-order valence-corrected chi connectivity index (χ2v) is 9.86. The summed E-state index contributed by atoms with van der Waals surface area (Å²) in [5, 5.41) is 19.3. The molecule has 0 aliphatic carbocycles. The summed E-state index contributed by atoms with van der Waals surface area (Å²) in [5.74, 6) is 0.638. The van der Waals surface area contributed by atoms with Gasteiger partial charge in [0.05, 0.1) is 23.8 Å². The molecule has 1 amide bonds. The number of β-amino-alcohol motifs (C(OH)–C–C–N with tert-alkyl or cyclic N) is 1.